The van der Waals surface area contributed by atoms with Gasteiger partial charge in [-0.05, 0) is 19.4 Å². The summed E-state index contributed by atoms with van der Waals surface area (Å²) >= 11 is 0. The van der Waals surface area contributed by atoms with Crippen LogP contribution >= 0.6 is 0 Å². The topological polar surface area (TPSA) is 122 Å². The number of aromatic amines is 2. The standard InChI is InChI=1S/C12H20N6O2/c1-2-3-7-18-9-8(10(19)17-12(18)20)15-11(16-9)14-6-4-5-13/h2-7,13H2,1H3,(H2,14,15,16)(H,17,19,20). The van der Waals surface area contributed by atoms with Crippen molar-refractivity contribution in [3.8, 4) is 0 Å². The molecule has 0 aliphatic rings. The van der Waals surface area contributed by atoms with E-state index in [0.29, 0.717) is 36.7 Å². The van der Waals surface area contributed by atoms with Crippen molar-refractivity contribution in [2.45, 2.75) is 32.7 Å². The molecule has 2 aromatic rings. The lowest BCUT2D eigenvalue weighted by atomic mass is 10.3. The van der Waals surface area contributed by atoms with Gasteiger partial charge in [0.1, 0.15) is 0 Å². The Balaban J connectivity index is 2.40. The van der Waals surface area contributed by atoms with E-state index < -0.39 is 11.2 Å². The van der Waals surface area contributed by atoms with Crippen LogP contribution < -0.4 is 22.3 Å². The highest BCUT2D eigenvalue weighted by molar-refractivity contribution is 5.72. The lowest BCUT2D eigenvalue weighted by molar-refractivity contribution is 0.613. The first-order chi connectivity index (χ1) is 9.67. The predicted octanol–water partition coefficient (Wildman–Crippen LogP) is -0.0263. The van der Waals surface area contributed by atoms with Gasteiger partial charge in [-0.2, -0.15) is 4.98 Å². The smallest absolute Gasteiger partial charge is 0.330 e. The second-order valence-electron chi connectivity index (χ2n) is 4.62. The van der Waals surface area contributed by atoms with Crippen LogP contribution in [0.4, 0.5) is 5.95 Å². The zero-order valence-electron chi connectivity index (χ0n) is 11.5. The molecule has 0 saturated heterocycles. The van der Waals surface area contributed by atoms with Crippen LogP contribution in [-0.2, 0) is 6.54 Å². The molecule has 0 spiro atoms. The molecule has 20 heavy (non-hydrogen) atoms. The highest BCUT2D eigenvalue weighted by atomic mass is 16.2. The Kier molecular flexibility index (Phi) is 4.57. The Hall–Kier alpha value is -2.09. The van der Waals surface area contributed by atoms with E-state index in [2.05, 4.69) is 20.3 Å². The van der Waals surface area contributed by atoms with Gasteiger partial charge in [0.05, 0.1) is 0 Å². The highest BCUT2D eigenvalue weighted by Gasteiger charge is 2.12. The number of nitrogens with two attached hydrogens (primary N) is 1. The van der Waals surface area contributed by atoms with Crippen LogP contribution in [-0.4, -0.2) is 32.6 Å². The molecule has 0 unspecified atom stereocenters. The summed E-state index contributed by atoms with van der Waals surface area (Å²) < 4.78 is 1.49. The number of fused-ring (bicyclic) bond motifs is 1. The third kappa shape index (κ3) is 2.90. The predicted molar refractivity (Wildman–Crippen MR) is 78.0 cm³/mol. The number of hydrogen-bond donors (Lipinski definition) is 4. The molecule has 5 N–H and O–H groups in total. The van der Waals surface area contributed by atoms with Crippen LogP contribution in [0, 0.1) is 0 Å². The van der Waals surface area contributed by atoms with Gasteiger partial charge in [-0.15, -0.1) is 0 Å². The summed E-state index contributed by atoms with van der Waals surface area (Å²) in [5, 5.41) is 3.05. The summed E-state index contributed by atoms with van der Waals surface area (Å²) in [6.07, 6.45) is 2.61. The molecule has 2 heterocycles. The third-order valence-corrected chi connectivity index (χ3v) is 3.04. The van der Waals surface area contributed by atoms with Crippen molar-refractivity contribution >= 4 is 17.1 Å². The second-order valence-corrected chi connectivity index (χ2v) is 4.62. The minimum Gasteiger partial charge on any atom is -0.356 e. The third-order valence-electron chi connectivity index (χ3n) is 3.04. The summed E-state index contributed by atoms with van der Waals surface area (Å²) in [4.78, 5) is 33.1. The van der Waals surface area contributed by atoms with Gasteiger partial charge in [-0.3, -0.25) is 14.3 Å². The maximum absolute atomic E-state index is 11.8. The van der Waals surface area contributed by atoms with E-state index in [-0.39, 0.29) is 0 Å². The van der Waals surface area contributed by atoms with Gasteiger partial charge in [0.25, 0.3) is 5.56 Å². The summed E-state index contributed by atoms with van der Waals surface area (Å²) in [7, 11) is 0. The van der Waals surface area contributed by atoms with Crippen LogP contribution in [0.25, 0.3) is 11.2 Å². The molecule has 0 aliphatic carbocycles. The normalized spacial score (nSPS) is 11.1. The van der Waals surface area contributed by atoms with E-state index >= 15 is 0 Å². The number of nitrogens with one attached hydrogen (secondary N) is 3. The van der Waals surface area contributed by atoms with Crippen molar-refractivity contribution in [3.05, 3.63) is 20.8 Å². The largest absolute Gasteiger partial charge is 0.356 e. The molecule has 0 aromatic carbocycles. The van der Waals surface area contributed by atoms with Crippen molar-refractivity contribution < 1.29 is 0 Å². The lowest BCUT2D eigenvalue weighted by Gasteiger charge is -2.03. The summed E-state index contributed by atoms with van der Waals surface area (Å²) in [6.45, 7) is 3.82. The summed E-state index contributed by atoms with van der Waals surface area (Å²) in [5.41, 5.74) is 5.26. The SMILES string of the molecule is CCCCn1c(=O)[nH]c(=O)c2[nH]c(NCCCN)nc21. The average Bonchev–Trinajstić information content (AvgIpc) is 2.83. The molecule has 0 atom stereocenters. The molecule has 0 amide bonds. The molecule has 0 bridgehead atoms. The Morgan fingerprint density at radius 3 is 2.80 bits per heavy atom. The number of imidazole rings is 1. The monoisotopic (exact) mass is 280 g/mol. The molecule has 0 fully saturated rings. The molecule has 0 saturated carbocycles. The number of unbranched alkanes of at least 4 members (excludes halogenated alkanes) is 1. The van der Waals surface area contributed by atoms with E-state index in [1.807, 2.05) is 6.92 Å². The van der Waals surface area contributed by atoms with Crippen LogP contribution in [0.2, 0.25) is 0 Å². The maximum atomic E-state index is 11.8. The number of aromatic nitrogens is 4. The van der Waals surface area contributed by atoms with Gasteiger partial charge >= 0.3 is 5.69 Å². The molecule has 8 nitrogen and oxygen atoms in total. The van der Waals surface area contributed by atoms with E-state index in [1.165, 1.54) is 4.57 Å². The van der Waals surface area contributed by atoms with E-state index in [4.69, 9.17) is 5.73 Å². The van der Waals surface area contributed by atoms with Crippen LogP contribution in [0.15, 0.2) is 9.59 Å². The second kappa shape index (κ2) is 6.38. The summed E-state index contributed by atoms with van der Waals surface area (Å²) in [5.74, 6) is 0.481. The van der Waals surface area contributed by atoms with Gasteiger partial charge in [0.15, 0.2) is 11.2 Å². The minimum absolute atomic E-state index is 0.316. The maximum Gasteiger partial charge on any atom is 0.330 e. The van der Waals surface area contributed by atoms with Gasteiger partial charge in [0.2, 0.25) is 5.95 Å². The Bertz CT molecular complexity index is 683. The first kappa shape index (κ1) is 14.3. The van der Waals surface area contributed by atoms with Gasteiger partial charge in [-0.25, -0.2) is 4.79 Å². The lowest BCUT2D eigenvalue weighted by Crippen LogP contribution is -2.30. The van der Waals surface area contributed by atoms with Crippen LogP contribution in [0.1, 0.15) is 26.2 Å². The van der Waals surface area contributed by atoms with Crippen molar-refractivity contribution in [1.82, 2.24) is 19.5 Å². The number of H-pyrrole nitrogens is 2. The fraction of sp³-hybridized carbons (Fsp3) is 0.583. The quantitative estimate of drug-likeness (QED) is 0.531. The molecule has 110 valence electrons. The zero-order chi connectivity index (χ0) is 14.5. The Labute approximate surface area is 115 Å². The van der Waals surface area contributed by atoms with Crippen molar-refractivity contribution in [2.24, 2.45) is 5.73 Å². The fourth-order valence-electron chi connectivity index (χ4n) is 1.96. The van der Waals surface area contributed by atoms with Gasteiger partial charge < -0.3 is 16.0 Å². The van der Waals surface area contributed by atoms with Crippen LogP contribution in [0.5, 0.6) is 0 Å². The molecular formula is C12H20N6O2. The number of hydrogen-bond acceptors (Lipinski definition) is 5. The number of aryl methyl sites for hydroxylation is 1. The highest BCUT2D eigenvalue weighted by Crippen LogP contribution is 2.09. The number of anilines is 1. The fourth-order valence-corrected chi connectivity index (χ4v) is 1.96. The Morgan fingerprint density at radius 2 is 2.10 bits per heavy atom. The molecule has 0 radical (unpaired) electrons. The van der Waals surface area contributed by atoms with Crippen molar-refractivity contribution in [2.75, 3.05) is 18.4 Å². The van der Waals surface area contributed by atoms with E-state index in [1.54, 1.807) is 0 Å². The van der Waals surface area contributed by atoms with Gasteiger partial charge in [-0.1, -0.05) is 13.3 Å². The van der Waals surface area contributed by atoms with E-state index in [9.17, 15) is 9.59 Å². The van der Waals surface area contributed by atoms with Crippen LogP contribution in [0.3, 0.4) is 0 Å². The zero-order valence-corrected chi connectivity index (χ0v) is 11.5. The first-order valence-electron chi connectivity index (χ1n) is 6.84. The first-order valence-corrected chi connectivity index (χ1v) is 6.84. The molecule has 8 heteroatoms. The average molecular weight is 280 g/mol. The molecule has 2 aromatic heterocycles. The van der Waals surface area contributed by atoms with Gasteiger partial charge in [0, 0.05) is 13.1 Å². The van der Waals surface area contributed by atoms with Crippen molar-refractivity contribution in [1.29, 1.82) is 0 Å². The molecule has 2 rings (SSSR count). The molecular weight excluding hydrogens is 260 g/mol. The minimum atomic E-state index is -0.447. The molecule has 0 aliphatic heterocycles. The van der Waals surface area contributed by atoms with Crippen molar-refractivity contribution in [3.63, 3.8) is 0 Å². The van der Waals surface area contributed by atoms with E-state index in [0.717, 1.165) is 19.3 Å². The Morgan fingerprint density at radius 1 is 1.30 bits per heavy atom. The number of rotatable bonds is 7. The summed E-state index contributed by atoms with van der Waals surface area (Å²) in [6, 6.07) is 0. The number of nitrogens with zero attached hydrogens (tertiary/aromatic N) is 2.